The van der Waals surface area contributed by atoms with Gasteiger partial charge in [-0.15, -0.1) is 5.10 Å². The monoisotopic (exact) mass is 604 g/mol. The number of sulfone groups is 2. The van der Waals surface area contributed by atoms with E-state index in [1.807, 2.05) is 0 Å². The Labute approximate surface area is 236 Å². The van der Waals surface area contributed by atoms with Crippen LogP contribution in [0.1, 0.15) is 25.1 Å². The SMILES string of the molecule is COc1ccc(COC(=O)[C@@H]2N3C(=O)/C(=C/c4cn(CCS(=O)(=O)c5nccn5C)nn4)[C@H]3S(=O)(=O)C2(C)C)cc1. The van der Waals surface area contributed by atoms with E-state index in [1.165, 1.54) is 54.9 Å². The second kappa shape index (κ2) is 10.1. The number of fused-ring (bicyclic) bond motifs is 1. The van der Waals surface area contributed by atoms with Crippen molar-refractivity contribution in [2.45, 2.75) is 48.3 Å². The minimum atomic E-state index is -4.03. The molecule has 0 saturated carbocycles. The molecule has 14 nitrogen and oxygen atoms in total. The first-order valence-electron chi connectivity index (χ1n) is 12.5. The van der Waals surface area contributed by atoms with Crippen molar-refractivity contribution in [3.8, 4) is 5.75 Å². The summed E-state index contributed by atoms with van der Waals surface area (Å²) in [7, 11) is -4.61. The number of nitrogens with zero attached hydrogens (tertiary/aromatic N) is 6. The van der Waals surface area contributed by atoms with Gasteiger partial charge in [-0.2, -0.15) is 0 Å². The van der Waals surface area contributed by atoms with E-state index >= 15 is 0 Å². The molecule has 2 aromatic heterocycles. The van der Waals surface area contributed by atoms with Crippen LogP contribution < -0.4 is 4.74 Å². The van der Waals surface area contributed by atoms with Crippen LogP contribution in [0.15, 0.2) is 53.6 Å². The predicted molar refractivity (Wildman–Crippen MR) is 143 cm³/mol. The van der Waals surface area contributed by atoms with E-state index in [9.17, 15) is 26.4 Å². The highest BCUT2D eigenvalue weighted by atomic mass is 32.2. The second-order valence-electron chi connectivity index (χ2n) is 10.2. The minimum absolute atomic E-state index is 0.0394. The van der Waals surface area contributed by atoms with Gasteiger partial charge in [0.25, 0.3) is 5.91 Å². The lowest BCUT2D eigenvalue weighted by Crippen LogP contribution is -2.59. The van der Waals surface area contributed by atoms with Crippen molar-refractivity contribution in [3.63, 3.8) is 0 Å². The van der Waals surface area contributed by atoms with Crippen LogP contribution in [-0.2, 0) is 54.2 Å². The van der Waals surface area contributed by atoms with E-state index in [-0.39, 0.29) is 35.3 Å². The molecule has 2 saturated heterocycles. The maximum absolute atomic E-state index is 13.5. The highest BCUT2D eigenvalue weighted by molar-refractivity contribution is 7.94. The van der Waals surface area contributed by atoms with E-state index in [0.717, 1.165) is 4.90 Å². The van der Waals surface area contributed by atoms with Gasteiger partial charge in [0.05, 0.1) is 31.2 Å². The van der Waals surface area contributed by atoms with E-state index in [0.29, 0.717) is 11.3 Å². The summed E-state index contributed by atoms with van der Waals surface area (Å²) in [5, 5.41) is 6.40. The quantitative estimate of drug-likeness (QED) is 0.188. The van der Waals surface area contributed by atoms with Crippen LogP contribution in [-0.4, -0.2) is 87.2 Å². The van der Waals surface area contributed by atoms with Gasteiger partial charge in [0.2, 0.25) is 15.0 Å². The van der Waals surface area contributed by atoms with Crippen molar-refractivity contribution in [3.05, 3.63) is 59.7 Å². The zero-order valence-corrected chi connectivity index (χ0v) is 24.3. The zero-order chi connectivity index (χ0) is 29.7. The summed E-state index contributed by atoms with van der Waals surface area (Å²) in [4.78, 5) is 31.1. The molecular weight excluding hydrogens is 576 g/mol. The van der Waals surface area contributed by atoms with Crippen LogP contribution in [0.4, 0.5) is 0 Å². The molecule has 3 aromatic rings. The lowest BCUT2D eigenvalue weighted by molar-refractivity contribution is -0.158. The summed E-state index contributed by atoms with van der Waals surface area (Å²) >= 11 is 0. The summed E-state index contributed by atoms with van der Waals surface area (Å²) in [6.45, 7) is 2.64. The van der Waals surface area contributed by atoms with Gasteiger partial charge in [0.1, 0.15) is 22.8 Å². The summed E-state index contributed by atoms with van der Waals surface area (Å²) in [6.07, 6.45) is 5.60. The number of esters is 1. The molecule has 5 rings (SSSR count). The summed E-state index contributed by atoms with van der Waals surface area (Å²) in [6, 6.07) is 5.49. The van der Waals surface area contributed by atoms with Crippen molar-refractivity contribution in [2.75, 3.05) is 12.9 Å². The summed E-state index contributed by atoms with van der Waals surface area (Å²) in [5.74, 6) is -1.13. The molecule has 1 aromatic carbocycles. The van der Waals surface area contributed by atoms with Crippen molar-refractivity contribution >= 4 is 37.6 Å². The van der Waals surface area contributed by atoms with Crippen LogP contribution in [0.25, 0.3) is 6.08 Å². The largest absolute Gasteiger partial charge is 0.497 e. The molecule has 0 unspecified atom stereocenters. The maximum atomic E-state index is 13.5. The van der Waals surface area contributed by atoms with E-state index in [2.05, 4.69) is 15.3 Å². The van der Waals surface area contributed by atoms with Gasteiger partial charge < -0.3 is 18.9 Å². The van der Waals surface area contributed by atoms with Gasteiger partial charge in [-0.05, 0) is 37.6 Å². The fourth-order valence-corrected chi connectivity index (χ4v) is 8.33. The van der Waals surface area contributed by atoms with Gasteiger partial charge >= 0.3 is 5.97 Å². The molecule has 2 aliphatic rings. The van der Waals surface area contributed by atoms with Gasteiger partial charge in [0, 0.05) is 19.4 Å². The normalized spacial score (nSPS) is 21.9. The molecule has 2 atom stereocenters. The van der Waals surface area contributed by atoms with Crippen LogP contribution in [0.3, 0.4) is 0 Å². The third-order valence-corrected chi connectivity index (χ3v) is 11.7. The predicted octanol–water partition coefficient (Wildman–Crippen LogP) is 0.365. The number of carbonyl (C=O) groups excluding carboxylic acids is 2. The smallest absolute Gasteiger partial charge is 0.330 e. The summed E-state index contributed by atoms with van der Waals surface area (Å²) in [5.41, 5.74) is 0.776. The highest BCUT2D eigenvalue weighted by Gasteiger charge is 2.70. The molecule has 218 valence electrons. The standard InChI is InChI=1S/C25H28N6O8S2/c1-25(2)20(23(33)39-15-16-5-7-18(38-4)8-6-16)31-21(32)19(22(31)41(25,36)37)13-17-14-30(28-27-17)11-12-40(34,35)24-26-9-10-29(24)3/h5-10,13-14,20,22H,11-12,15H2,1-4H3/b19-13-/t20-,22+/m0/s1. The Kier molecular flexibility index (Phi) is 7.01. The number of methoxy groups -OCH3 is 1. The van der Waals surface area contributed by atoms with E-state index in [1.54, 1.807) is 31.3 Å². The third kappa shape index (κ3) is 4.80. The molecular formula is C25H28N6O8S2. The Morgan fingerprint density at radius 3 is 2.54 bits per heavy atom. The number of rotatable bonds is 9. The fourth-order valence-electron chi connectivity index (χ4n) is 4.88. The summed E-state index contributed by atoms with van der Waals surface area (Å²) < 4.78 is 63.6. The molecule has 2 aliphatic heterocycles. The highest BCUT2D eigenvalue weighted by Crippen LogP contribution is 2.49. The Balaban J connectivity index is 1.30. The van der Waals surface area contributed by atoms with Gasteiger partial charge in [-0.3, -0.25) is 9.48 Å². The number of amides is 1. The molecule has 0 radical (unpaired) electrons. The number of ether oxygens (including phenoxy) is 2. The fraction of sp³-hybridized carbons (Fsp3) is 0.400. The minimum Gasteiger partial charge on any atom is -0.497 e. The molecule has 2 fully saturated rings. The number of imidazole rings is 1. The van der Waals surface area contributed by atoms with Crippen molar-refractivity contribution in [2.24, 2.45) is 7.05 Å². The van der Waals surface area contributed by atoms with Crippen molar-refractivity contribution in [1.29, 1.82) is 0 Å². The topological polar surface area (TPSA) is 173 Å². The number of β-lactam (4-membered cyclic amide) rings is 1. The van der Waals surface area contributed by atoms with Crippen molar-refractivity contribution in [1.82, 2.24) is 29.4 Å². The first-order valence-corrected chi connectivity index (χ1v) is 15.7. The lowest BCUT2D eigenvalue weighted by atomic mass is 9.95. The Hall–Kier alpha value is -4.05. The first-order chi connectivity index (χ1) is 19.3. The number of aromatic nitrogens is 5. The van der Waals surface area contributed by atoms with Crippen LogP contribution in [0, 0.1) is 0 Å². The number of carbonyl (C=O) groups is 2. The Morgan fingerprint density at radius 1 is 1.20 bits per heavy atom. The van der Waals surface area contributed by atoms with Crippen LogP contribution in [0.2, 0.25) is 0 Å². The number of hydrogen-bond acceptors (Lipinski definition) is 11. The average Bonchev–Trinajstić information content (AvgIpc) is 3.61. The maximum Gasteiger partial charge on any atom is 0.330 e. The molecule has 41 heavy (non-hydrogen) atoms. The van der Waals surface area contributed by atoms with Gasteiger partial charge in [0.15, 0.2) is 21.3 Å². The molecule has 4 heterocycles. The van der Waals surface area contributed by atoms with Gasteiger partial charge in [-0.1, -0.05) is 17.3 Å². The van der Waals surface area contributed by atoms with E-state index in [4.69, 9.17) is 9.47 Å². The molecule has 16 heteroatoms. The number of hydrogen-bond donors (Lipinski definition) is 0. The third-order valence-electron chi connectivity index (χ3n) is 7.23. The zero-order valence-electron chi connectivity index (χ0n) is 22.7. The molecule has 1 amide bonds. The number of benzene rings is 1. The van der Waals surface area contributed by atoms with Crippen LogP contribution in [0.5, 0.6) is 5.75 Å². The van der Waals surface area contributed by atoms with E-state index < -0.39 is 47.7 Å². The number of aryl methyl sites for hydroxylation is 2. The molecule has 0 bridgehead atoms. The van der Waals surface area contributed by atoms with Gasteiger partial charge in [-0.25, -0.2) is 26.6 Å². The lowest BCUT2D eigenvalue weighted by Gasteiger charge is -2.38. The molecule has 0 N–H and O–H groups in total. The Morgan fingerprint density at radius 2 is 1.90 bits per heavy atom. The second-order valence-corrected chi connectivity index (χ2v) is 14.8. The first kappa shape index (κ1) is 28.5. The molecule has 0 aliphatic carbocycles. The Bertz CT molecular complexity index is 1760. The molecule has 0 spiro atoms. The van der Waals surface area contributed by atoms with Crippen molar-refractivity contribution < 1.29 is 35.9 Å². The average molecular weight is 605 g/mol. The van der Waals surface area contributed by atoms with Crippen LogP contribution >= 0.6 is 0 Å².